The molecule has 0 aliphatic carbocycles. The topological polar surface area (TPSA) is 49.8 Å². The highest BCUT2D eigenvalue weighted by Crippen LogP contribution is 2.24. The maximum absolute atomic E-state index is 11.1. The fraction of sp³-hybridized carbons (Fsp3) is 0.500. The van der Waals surface area contributed by atoms with Gasteiger partial charge in [-0.2, -0.15) is 0 Å². The summed E-state index contributed by atoms with van der Waals surface area (Å²) in [5, 5.41) is 9.09. The third kappa shape index (κ3) is 4.60. The Bertz CT molecular complexity index is 432. The molecule has 1 unspecified atom stereocenters. The van der Waals surface area contributed by atoms with E-state index in [0.29, 0.717) is 0 Å². The van der Waals surface area contributed by atoms with Crippen LogP contribution in [0.4, 0.5) is 0 Å². The number of carboxylic acid groups (broad SMARTS) is 1. The average molecular weight is 328 g/mol. The highest BCUT2D eigenvalue weighted by atomic mass is 79.9. The highest BCUT2D eigenvalue weighted by Gasteiger charge is 2.20. The van der Waals surface area contributed by atoms with Gasteiger partial charge in [0.25, 0.3) is 0 Å². The van der Waals surface area contributed by atoms with Gasteiger partial charge in [0, 0.05) is 30.0 Å². The molecule has 0 saturated carbocycles. The van der Waals surface area contributed by atoms with Gasteiger partial charge in [0.1, 0.15) is 0 Å². The number of benzene rings is 1. The van der Waals surface area contributed by atoms with Gasteiger partial charge >= 0.3 is 5.97 Å². The summed E-state index contributed by atoms with van der Waals surface area (Å²) < 4.78 is 6.31. The van der Waals surface area contributed by atoms with Gasteiger partial charge in [0.15, 0.2) is 0 Å². The molecule has 1 heterocycles. The second-order valence-electron chi connectivity index (χ2n) is 4.76. The molecule has 0 bridgehead atoms. The zero-order chi connectivity index (χ0) is 13.7. The molecule has 0 aromatic heterocycles. The Morgan fingerprint density at radius 1 is 1.42 bits per heavy atom. The van der Waals surface area contributed by atoms with E-state index in [1.165, 1.54) is 0 Å². The molecule has 1 aromatic carbocycles. The lowest BCUT2D eigenvalue weighted by Crippen LogP contribution is -2.39. The van der Waals surface area contributed by atoms with Crippen LogP contribution in [0.25, 0.3) is 0 Å². The van der Waals surface area contributed by atoms with Crippen LogP contribution < -0.4 is 0 Å². The highest BCUT2D eigenvalue weighted by molar-refractivity contribution is 9.10. The Hall–Kier alpha value is -0.910. The van der Waals surface area contributed by atoms with E-state index >= 15 is 0 Å². The third-order valence-corrected chi connectivity index (χ3v) is 3.82. The van der Waals surface area contributed by atoms with Gasteiger partial charge in [-0.15, -0.1) is 0 Å². The first-order valence-electron chi connectivity index (χ1n) is 6.42. The van der Waals surface area contributed by atoms with Crippen LogP contribution in [0.1, 0.15) is 17.9 Å². The minimum atomic E-state index is -0.752. The van der Waals surface area contributed by atoms with Gasteiger partial charge < -0.3 is 9.84 Å². The van der Waals surface area contributed by atoms with Crippen molar-refractivity contribution < 1.29 is 14.6 Å². The lowest BCUT2D eigenvalue weighted by Gasteiger charge is -2.30. The molecule has 1 N–H and O–H groups in total. The summed E-state index contributed by atoms with van der Waals surface area (Å²) >= 11 is 3.44. The van der Waals surface area contributed by atoms with Gasteiger partial charge in [-0.1, -0.05) is 28.1 Å². The average Bonchev–Trinajstić information content (AvgIpc) is 2.39. The van der Waals surface area contributed by atoms with Crippen molar-refractivity contribution >= 4 is 21.9 Å². The van der Waals surface area contributed by atoms with Crippen molar-refractivity contribution in [1.82, 2.24) is 4.90 Å². The maximum atomic E-state index is 11.1. The van der Waals surface area contributed by atoms with Gasteiger partial charge in [0.05, 0.1) is 19.6 Å². The molecule has 1 aliphatic rings. The normalized spacial score (nSPS) is 18.2. The molecule has 104 valence electrons. The second-order valence-corrected chi connectivity index (χ2v) is 5.68. The molecule has 1 fully saturated rings. The Labute approximate surface area is 121 Å². The van der Waals surface area contributed by atoms with Crippen molar-refractivity contribution in [3.63, 3.8) is 0 Å². The van der Waals surface area contributed by atoms with Crippen LogP contribution in [0.15, 0.2) is 28.7 Å². The van der Waals surface area contributed by atoms with E-state index in [1.807, 2.05) is 24.3 Å². The minimum absolute atomic E-state index is 0.0214. The number of rotatable bonds is 5. The molecular formula is C14H18BrNO3. The first-order chi connectivity index (χ1) is 9.15. The quantitative estimate of drug-likeness (QED) is 0.901. The minimum Gasteiger partial charge on any atom is -0.481 e. The summed E-state index contributed by atoms with van der Waals surface area (Å²) in [5.74, 6) is -0.730. The summed E-state index contributed by atoms with van der Waals surface area (Å²) in [6.45, 7) is 4.00. The van der Waals surface area contributed by atoms with E-state index < -0.39 is 5.97 Å². The van der Waals surface area contributed by atoms with E-state index in [2.05, 4.69) is 20.8 Å². The molecule has 0 radical (unpaired) electrons. The summed E-state index contributed by atoms with van der Waals surface area (Å²) in [6.07, 6.45) is 0.161. The standard InChI is InChI=1S/C14H18BrNO3/c15-13-3-1-2-11(8-13)12(9-14(17)18)10-16-4-6-19-7-5-16/h1-3,8,12H,4-7,9-10H2,(H,17,18). The first-order valence-corrected chi connectivity index (χ1v) is 7.22. The smallest absolute Gasteiger partial charge is 0.304 e. The van der Waals surface area contributed by atoms with E-state index in [9.17, 15) is 4.79 Å². The number of halogens is 1. The van der Waals surface area contributed by atoms with E-state index in [0.717, 1.165) is 42.9 Å². The number of carbonyl (C=O) groups is 1. The molecule has 1 aromatic rings. The van der Waals surface area contributed by atoms with Crippen molar-refractivity contribution in [2.24, 2.45) is 0 Å². The van der Waals surface area contributed by atoms with Crippen LogP contribution in [-0.4, -0.2) is 48.8 Å². The van der Waals surface area contributed by atoms with Crippen molar-refractivity contribution in [3.8, 4) is 0 Å². The van der Waals surface area contributed by atoms with Crippen LogP contribution in [0, 0.1) is 0 Å². The number of ether oxygens (including phenoxy) is 1. The summed E-state index contributed by atoms with van der Waals surface area (Å²) in [7, 11) is 0. The molecule has 1 atom stereocenters. The fourth-order valence-electron chi connectivity index (χ4n) is 2.35. The summed E-state index contributed by atoms with van der Waals surface area (Å²) in [6, 6.07) is 7.91. The Morgan fingerprint density at radius 2 is 2.16 bits per heavy atom. The monoisotopic (exact) mass is 327 g/mol. The van der Waals surface area contributed by atoms with E-state index in [-0.39, 0.29) is 12.3 Å². The SMILES string of the molecule is O=C(O)CC(CN1CCOCC1)c1cccc(Br)c1. The molecule has 0 amide bonds. The molecule has 5 heteroatoms. The van der Waals surface area contributed by atoms with Gasteiger partial charge in [-0.05, 0) is 17.7 Å². The Kier molecular flexibility index (Phi) is 5.36. The molecule has 2 rings (SSSR count). The number of nitrogens with zero attached hydrogens (tertiary/aromatic N) is 1. The zero-order valence-corrected chi connectivity index (χ0v) is 12.3. The number of hydrogen-bond donors (Lipinski definition) is 1. The molecule has 19 heavy (non-hydrogen) atoms. The third-order valence-electron chi connectivity index (χ3n) is 3.32. The second kappa shape index (κ2) is 7.03. The predicted octanol–water partition coefficient (Wildman–Crippen LogP) is 2.34. The Morgan fingerprint density at radius 3 is 2.79 bits per heavy atom. The van der Waals surface area contributed by atoms with Crippen molar-refractivity contribution in [3.05, 3.63) is 34.3 Å². The Balaban J connectivity index is 2.08. The van der Waals surface area contributed by atoms with Crippen LogP contribution in [0.2, 0.25) is 0 Å². The molecule has 0 spiro atoms. The maximum Gasteiger partial charge on any atom is 0.304 e. The first kappa shape index (κ1) is 14.5. The molecule has 1 aliphatic heterocycles. The van der Waals surface area contributed by atoms with Gasteiger partial charge in [-0.25, -0.2) is 0 Å². The zero-order valence-electron chi connectivity index (χ0n) is 10.7. The number of aliphatic carboxylic acids is 1. The number of morpholine rings is 1. The van der Waals surface area contributed by atoms with Crippen LogP contribution in [0.5, 0.6) is 0 Å². The lowest BCUT2D eigenvalue weighted by molar-refractivity contribution is -0.137. The van der Waals surface area contributed by atoms with E-state index in [1.54, 1.807) is 0 Å². The molecule has 1 saturated heterocycles. The lowest BCUT2D eigenvalue weighted by atomic mass is 9.95. The predicted molar refractivity (Wildman–Crippen MR) is 76.4 cm³/mol. The van der Waals surface area contributed by atoms with Crippen LogP contribution >= 0.6 is 15.9 Å². The summed E-state index contributed by atoms with van der Waals surface area (Å²) in [4.78, 5) is 13.3. The summed E-state index contributed by atoms with van der Waals surface area (Å²) in [5.41, 5.74) is 1.07. The van der Waals surface area contributed by atoms with Crippen LogP contribution in [0.3, 0.4) is 0 Å². The molecular weight excluding hydrogens is 310 g/mol. The largest absolute Gasteiger partial charge is 0.481 e. The van der Waals surface area contributed by atoms with Gasteiger partial charge in [0.2, 0.25) is 0 Å². The van der Waals surface area contributed by atoms with Crippen molar-refractivity contribution in [2.75, 3.05) is 32.8 Å². The van der Waals surface area contributed by atoms with Crippen LogP contribution in [-0.2, 0) is 9.53 Å². The van der Waals surface area contributed by atoms with E-state index in [4.69, 9.17) is 9.84 Å². The molecule has 4 nitrogen and oxygen atoms in total. The van der Waals surface area contributed by atoms with Crippen molar-refractivity contribution in [1.29, 1.82) is 0 Å². The fourth-order valence-corrected chi connectivity index (χ4v) is 2.77. The number of hydrogen-bond acceptors (Lipinski definition) is 3. The van der Waals surface area contributed by atoms with Gasteiger partial charge in [-0.3, -0.25) is 9.69 Å². The number of carboxylic acids is 1. The van der Waals surface area contributed by atoms with Crippen molar-refractivity contribution in [2.45, 2.75) is 12.3 Å².